The summed E-state index contributed by atoms with van der Waals surface area (Å²) in [6.07, 6.45) is -0.0598. The van der Waals surface area contributed by atoms with Gasteiger partial charge in [-0.05, 0) is 91.4 Å². The number of hydrogen-bond acceptors (Lipinski definition) is 9. The lowest BCUT2D eigenvalue weighted by Crippen LogP contribution is -2.34. The molecule has 0 bridgehead atoms. The number of halogens is 3. The first-order valence-electron chi connectivity index (χ1n) is 16.6. The number of benzene rings is 3. The van der Waals surface area contributed by atoms with Gasteiger partial charge in [-0.1, -0.05) is 41.6 Å². The van der Waals surface area contributed by atoms with Crippen molar-refractivity contribution >= 4 is 34.8 Å². The molecule has 0 saturated heterocycles. The second-order valence-corrected chi connectivity index (χ2v) is 12.5. The number of pyridine rings is 1. The van der Waals surface area contributed by atoms with Gasteiger partial charge in [0.05, 0.1) is 53.9 Å². The van der Waals surface area contributed by atoms with E-state index in [1.807, 2.05) is 48.5 Å². The van der Waals surface area contributed by atoms with Crippen molar-refractivity contribution < 1.29 is 41.5 Å². The molecular formula is C39H33F3N4O6. The number of allylic oxidation sites excluding steroid dienone is 1. The standard InChI is InChI=1S/C39H33F3N4O6/c1-22-34-31(20-32(43-37(34)52-45-22)25-6-4-8-27(19-25)39(40,41)42)38(48)51-21-33(47)46-36(24-12-16-29(50-3)17-13-24)30-9-5-7-26(35(30)44-46)18-23-10-14-28(49-2)15-11-23/h4,6,8,10-20,30,36H,5,7,9,21H2,1-3H3/b26-18-. The average Bonchev–Trinajstić information content (AvgIpc) is 3.74. The third-order valence-corrected chi connectivity index (χ3v) is 9.32. The molecule has 3 heterocycles. The van der Waals surface area contributed by atoms with Crippen LogP contribution in [-0.2, 0) is 15.7 Å². The highest BCUT2D eigenvalue weighted by molar-refractivity contribution is 6.08. The van der Waals surface area contributed by atoms with Crippen LogP contribution in [0.2, 0.25) is 0 Å². The maximum Gasteiger partial charge on any atom is 0.416 e. The van der Waals surface area contributed by atoms with Crippen LogP contribution in [0, 0.1) is 12.8 Å². The lowest BCUT2D eigenvalue weighted by molar-refractivity contribution is -0.138. The predicted octanol–water partition coefficient (Wildman–Crippen LogP) is 8.21. The first-order valence-corrected chi connectivity index (χ1v) is 16.6. The topological polar surface area (TPSA) is 116 Å². The molecule has 1 fully saturated rings. The van der Waals surface area contributed by atoms with E-state index in [1.54, 1.807) is 21.1 Å². The van der Waals surface area contributed by atoms with Gasteiger partial charge < -0.3 is 18.7 Å². The Morgan fingerprint density at radius 1 is 0.981 bits per heavy atom. The van der Waals surface area contributed by atoms with Gasteiger partial charge in [-0.15, -0.1) is 0 Å². The molecule has 0 N–H and O–H groups in total. The van der Waals surface area contributed by atoms with Crippen LogP contribution in [0.1, 0.15) is 58.0 Å². The number of fused-ring (bicyclic) bond motifs is 2. The van der Waals surface area contributed by atoms with Crippen LogP contribution in [-0.4, -0.2) is 53.6 Å². The van der Waals surface area contributed by atoms with Crippen molar-refractivity contribution in [3.05, 3.63) is 112 Å². The summed E-state index contributed by atoms with van der Waals surface area (Å²) in [6, 6.07) is 20.5. The Balaban J connectivity index is 1.19. The van der Waals surface area contributed by atoms with E-state index in [2.05, 4.69) is 16.2 Å². The summed E-state index contributed by atoms with van der Waals surface area (Å²) in [5, 5.41) is 10.4. The predicted molar refractivity (Wildman–Crippen MR) is 186 cm³/mol. The Morgan fingerprint density at radius 3 is 2.38 bits per heavy atom. The highest BCUT2D eigenvalue weighted by Crippen LogP contribution is 2.45. The fourth-order valence-corrected chi connectivity index (χ4v) is 6.77. The second kappa shape index (κ2) is 14.0. The van der Waals surface area contributed by atoms with Gasteiger partial charge >= 0.3 is 12.1 Å². The molecule has 0 spiro atoms. The average molecular weight is 711 g/mol. The van der Waals surface area contributed by atoms with Gasteiger partial charge in [-0.3, -0.25) is 4.79 Å². The van der Waals surface area contributed by atoms with Gasteiger partial charge in [-0.25, -0.2) is 14.8 Å². The van der Waals surface area contributed by atoms with Crippen molar-refractivity contribution in [3.8, 4) is 22.8 Å². The van der Waals surface area contributed by atoms with Gasteiger partial charge in [0.25, 0.3) is 11.6 Å². The normalized spacial score (nSPS) is 17.9. The number of hydrazone groups is 1. The quantitative estimate of drug-likeness (QED) is 0.148. The summed E-state index contributed by atoms with van der Waals surface area (Å²) in [6.45, 7) is 0.942. The largest absolute Gasteiger partial charge is 0.497 e. The van der Waals surface area contributed by atoms with Gasteiger partial charge in [0.15, 0.2) is 6.61 Å². The van der Waals surface area contributed by atoms with E-state index in [9.17, 15) is 22.8 Å². The highest BCUT2D eigenvalue weighted by atomic mass is 19.4. The monoisotopic (exact) mass is 710 g/mol. The summed E-state index contributed by atoms with van der Waals surface area (Å²) in [5.41, 5.74) is 3.09. The van der Waals surface area contributed by atoms with Crippen molar-refractivity contribution in [2.75, 3.05) is 20.8 Å². The van der Waals surface area contributed by atoms with Crippen molar-refractivity contribution in [3.63, 3.8) is 0 Å². The second-order valence-electron chi connectivity index (χ2n) is 12.5. The van der Waals surface area contributed by atoms with Crippen molar-refractivity contribution in [2.45, 2.75) is 38.4 Å². The van der Waals surface area contributed by atoms with E-state index in [-0.39, 0.29) is 33.8 Å². The molecule has 2 aromatic heterocycles. The van der Waals surface area contributed by atoms with Crippen molar-refractivity contribution in [1.29, 1.82) is 0 Å². The molecule has 3 aromatic carbocycles. The molecule has 2 aliphatic rings. The fraction of sp³-hybridized carbons (Fsp3) is 0.256. The number of aryl methyl sites for hydroxylation is 1. The van der Waals surface area contributed by atoms with E-state index >= 15 is 0 Å². The smallest absolute Gasteiger partial charge is 0.416 e. The van der Waals surface area contributed by atoms with Crippen LogP contribution in [0.5, 0.6) is 11.5 Å². The number of amides is 1. The third kappa shape index (κ3) is 6.73. The fourth-order valence-electron chi connectivity index (χ4n) is 6.77. The molecule has 2 atom stereocenters. The summed E-state index contributed by atoms with van der Waals surface area (Å²) < 4.78 is 62.0. The lowest BCUT2D eigenvalue weighted by atomic mass is 9.77. The van der Waals surface area contributed by atoms with Crippen LogP contribution in [0.3, 0.4) is 0 Å². The van der Waals surface area contributed by atoms with Crippen molar-refractivity contribution in [1.82, 2.24) is 15.1 Å². The Kier molecular flexibility index (Phi) is 9.26. The minimum absolute atomic E-state index is 0.0405. The van der Waals surface area contributed by atoms with Crippen molar-refractivity contribution in [2.24, 2.45) is 11.0 Å². The minimum Gasteiger partial charge on any atom is -0.497 e. The van der Waals surface area contributed by atoms with Crippen LogP contribution in [0.25, 0.3) is 28.4 Å². The van der Waals surface area contributed by atoms with E-state index < -0.39 is 36.3 Å². The minimum atomic E-state index is -4.59. The maximum atomic E-state index is 14.0. The molecule has 1 saturated carbocycles. The van der Waals surface area contributed by atoms with Crippen LogP contribution >= 0.6 is 0 Å². The highest BCUT2D eigenvalue weighted by Gasteiger charge is 2.44. The molecule has 266 valence electrons. The lowest BCUT2D eigenvalue weighted by Gasteiger charge is -2.29. The van der Waals surface area contributed by atoms with E-state index in [1.165, 1.54) is 23.2 Å². The molecule has 10 nitrogen and oxygen atoms in total. The third-order valence-electron chi connectivity index (χ3n) is 9.32. The number of nitrogens with zero attached hydrogens (tertiary/aromatic N) is 4. The van der Waals surface area contributed by atoms with Gasteiger partial charge in [-0.2, -0.15) is 18.3 Å². The molecule has 1 aliphatic carbocycles. The van der Waals surface area contributed by atoms with Gasteiger partial charge in [0.1, 0.15) is 11.5 Å². The summed E-state index contributed by atoms with van der Waals surface area (Å²) >= 11 is 0. The zero-order valence-corrected chi connectivity index (χ0v) is 28.4. The number of esters is 1. The molecule has 5 aromatic rings. The number of alkyl halides is 3. The van der Waals surface area contributed by atoms with Crippen LogP contribution in [0.15, 0.2) is 94.1 Å². The molecule has 1 aliphatic heterocycles. The van der Waals surface area contributed by atoms with Gasteiger partial charge in [0.2, 0.25) is 0 Å². The number of carbonyl (C=O) groups excluding carboxylic acids is 2. The van der Waals surface area contributed by atoms with E-state index in [0.29, 0.717) is 11.4 Å². The van der Waals surface area contributed by atoms with Crippen LogP contribution in [0.4, 0.5) is 13.2 Å². The number of hydrogen-bond donors (Lipinski definition) is 0. The number of aromatic nitrogens is 2. The van der Waals surface area contributed by atoms with E-state index in [4.69, 9.17) is 23.8 Å². The first-order chi connectivity index (χ1) is 25.0. The molecule has 2 unspecified atom stereocenters. The number of ether oxygens (including phenoxy) is 3. The Hall–Kier alpha value is -5.98. The van der Waals surface area contributed by atoms with E-state index in [0.717, 1.165) is 59.6 Å². The Labute approximate surface area is 296 Å². The molecule has 52 heavy (non-hydrogen) atoms. The first kappa shape index (κ1) is 34.5. The Bertz CT molecular complexity index is 2210. The summed E-state index contributed by atoms with van der Waals surface area (Å²) in [4.78, 5) is 32.0. The molecule has 13 heteroatoms. The molecule has 7 rings (SSSR count). The summed E-state index contributed by atoms with van der Waals surface area (Å²) in [5.74, 6) is -0.154. The zero-order valence-electron chi connectivity index (χ0n) is 28.4. The molecule has 0 radical (unpaired) electrons. The molecular weight excluding hydrogens is 677 g/mol. The number of rotatable bonds is 8. The maximum absolute atomic E-state index is 14.0. The van der Waals surface area contributed by atoms with Crippen LogP contribution < -0.4 is 9.47 Å². The zero-order chi connectivity index (χ0) is 36.6. The summed E-state index contributed by atoms with van der Waals surface area (Å²) in [7, 11) is 3.19. The Morgan fingerprint density at radius 2 is 1.69 bits per heavy atom. The number of carbonyl (C=O) groups is 2. The van der Waals surface area contributed by atoms with Gasteiger partial charge in [0, 0.05) is 11.5 Å². The SMILES string of the molecule is COc1ccc(/C=C2/CCCC3C2=NN(C(=O)COC(=O)c2cc(-c4cccc(C(F)(F)F)c4)nc4onc(C)c24)C3c2ccc(OC)cc2)cc1. The number of methoxy groups -OCH3 is 2. The molecule has 1 amide bonds.